The van der Waals surface area contributed by atoms with E-state index in [9.17, 15) is 9.90 Å². The molecule has 0 aromatic carbocycles. The van der Waals surface area contributed by atoms with Crippen molar-refractivity contribution < 1.29 is 9.90 Å². The SMILES string of the molecule is Nc1nccc(C2(C(=O)O)CCCCC2)n1. The first-order valence-electron chi connectivity index (χ1n) is 5.47. The van der Waals surface area contributed by atoms with E-state index < -0.39 is 11.4 Å². The molecule has 1 aromatic rings. The summed E-state index contributed by atoms with van der Waals surface area (Å²) in [4.78, 5) is 19.4. The van der Waals surface area contributed by atoms with Crippen LogP contribution in [0.1, 0.15) is 37.8 Å². The van der Waals surface area contributed by atoms with E-state index in [-0.39, 0.29) is 5.95 Å². The molecule has 0 unspecified atom stereocenters. The molecular weight excluding hydrogens is 206 g/mol. The third kappa shape index (κ3) is 1.73. The molecule has 1 aliphatic carbocycles. The fraction of sp³-hybridized carbons (Fsp3) is 0.545. The molecule has 1 heterocycles. The summed E-state index contributed by atoms with van der Waals surface area (Å²) in [6, 6.07) is 1.66. The van der Waals surface area contributed by atoms with Gasteiger partial charge in [-0.3, -0.25) is 4.79 Å². The summed E-state index contributed by atoms with van der Waals surface area (Å²) < 4.78 is 0. The van der Waals surface area contributed by atoms with E-state index in [0.29, 0.717) is 18.5 Å². The average molecular weight is 221 g/mol. The first-order chi connectivity index (χ1) is 7.65. The van der Waals surface area contributed by atoms with Crippen molar-refractivity contribution in [3.63, 3.8) is 0 Å². The van der Waals surface area contributed by atoms with Crippen LogP contribution in [-0.4, -0.2) is 21.0 Å². The van der Waals surface area contributed by atoms with Gasteiger partial charge < -0.3 is 10.8 Å². The van der Waals surface area contributed by atoms with Gasteiger partial charge in [0.15, 0.2) is 0 Å². The smallest absolute Gasteiger partial charge is 0.315 e. The highest BCUT2D eigenvalue weighted by Crippen LogP contribution is 2.38. The molecule has 0 aliphatic heterocycles. The molecule has 0 amide bonds. The maximum absolute atomic E-state index is 11.5. The third-order valence-corrected chi connectivity index (χ3v) is 3.28. The largest absolute Gasteiger partial charge is 0.481 e. The molecular formula is C11H15N3O2. The normalized spacial score (nSPS) is 19.2. The molecule has 5 heteroatoms. The minimum Gasteiger partial charge on any atom is -0.481 e. The van der Waals surface area contributed by atoms with Crippen molar-refractivity contribution in [2.24, 2.45) is 0 Å². The van der Waals surface area contributed by atoms with E-state index in [4.69, 9.17) is 5.73 Å². The number of rotatable bonds is 2. The van der Waals surface area contributed by atoms with E-state index in [2.05, 4.69) is 9.97 Å². The van der Waals surface area contributed by atoms with E-state index in [1.165, 1.54) is 6.20 Å². The molecule has 0 spiro atoms. The first-order valence-corrected chi connectivity index (χ1v) is 5.47. The quantitative estimate of drug-likeness (QED) is 0.786. The lowest BCUT2D eigenvalue weighted by Gasteiger charge is -2.32. The summed E-state index contributed by atoms with van der Waals surface area (Å²) in [5.41, 5.74) is 5.21. The third-order valence-electron chi connectivity index (χ3n) is 3.28. The number of nitrogen functional groups attached to an aromatic ring is 1. The predicted octanol–water partition coefficient (Wildman–Crippen LogP) is 1.35. The number of carboxylic acids is 1. The number of anilines is 1. The van der Waals surface area contributed by atoms with Gasteiger partial charge in [0.05, 0.1) is 5.69 Å². The zero-order valence-corrected chi connectivity index (χ0v) is 9.02. The van der Waals surface area contributed by atoms with Gasteiger partial charge in [-0.25, -0.2) is 9.97 Å². The lowest BCUT2D eigenvalue weighted by atomic mass is 9.71. The molecule has 86 valence electrons. The topological polar surface area (TPSA) is 89.1 Å². The van der Waals surface area contributed by atoms with Gasteiger partial charge in [-0.05, 0) is 18.9 Å². The summed E-state index contributed by atoms with van der Waals surface area (Å²) in [6.45, 7) is 0. The van der Waals surface area contributed by atoms with Gasteiger partial charge in [0, 0.05) is 6.20 Å². The van der Waals surface area contributed by atoms with Gasteiger partial charge in [0.25, 0.3) is 0 Å². The highest BCUT2D eigenvalue weighted by molar-refractivity contribution is 5.80. The van der Waals surface area contributed by atoms with Gasteiger partial charge >= 0.3 is 5.97 Å². The number of carboxylic acid groups (broad SMARTS) is 1. The Balaban J connectivity index is 2.42. The molecule has 2 rings (SSSR count). The Bertz CT molecular complexity index is 400. The Kier molecular flexibility index (Phi) is 2.77. The minimum atomic E-state index is -0.852. The zero-order valence-electron chi connectivity index (χ0n) is 9.02. The first kappa shape index (κ1) is 10.9. The lowest BCUT2D eigenvalue weighted by Crippen LogP contribution is -2.38. The number of nitrogens with two attached hydrogens (primary N) is 1. The second-order valence-corrected chi connectivity index (χ2v) is 4.25. The molecule has 0 bridgehead atoms. The standard InChI is InChI=1S/C11H15N3O2/c12-10-13-7-4-8(14-10)11(9(15)16)5-2-1-3-6-11/h4,7H,1-3,5-6H2,(H,15,16)(H2,12,13,14). The van der Waals surface area contributed by atoms with Crippen LogP contribution in [0.5, 0.6) is 0 Å². The van der Waals surface area contributed by atoms with Crippen LogP contribution in [0.4, 0.5) is 5.95 Å². The molecule has 0 atom stereocenters. The Hall–Kier alpha value is -1.65. The maximum Gasteiger partial charge on any atom is 0.315 e. The Morgan fingerprint density at radius 1 is 1.38 bits per heavy atom. The van der Waals surface area contributed by atoms with Gasteiger partial charge in [-0.15, -0.1) is 0 Å². The summed E-state index contributed by atoms with van der Waals surface area (Å²) in [7, 11) is 0. The van der Waals surface area contributed by atoms with Crippen molar-refractivity contribution in [1.82, 2.24) is 9.97 Å². The summed E-state index contributed by atoms with van der Waals surface area (Å²) >= 11 is 0. The monoisotopic (exact) mass is 221 g/mol. The van der Waals surface area contributed by atoms with Crippen molar-refractivity contribution in [1.29, 1.82) is 0 Å². The van der Waals surface area contributed by atoms with Crippen LogP contribution in [0.3, 0.4) is 0 Å². The highest BCUT2D eigenvalue weighted by atomic mass is 16.4. The molecule has 16 heavy (non-hydrogen) atoms. The van der Waals surface area contributed by atoms with Crippen molar-refractivity contribution in [3.05, 3.63) is 18.0 Å². The molecule has 0 radical (unpaired) electrons. The molecule has 5 nitrogen and oxygen atoms in total. The van der Waals surface area contributed by atoms with E-state index in [0.717, 1.165) is 19.3 Å². The van der Waals surface area contributed by atoms with Gasteiger partial charge in [-0.1, -0.05) is 19.3 Å². The van der Waals surface area contributed by atoms with Crippen molar-refractivity contribution in [2.45, 2.75) is 37.5 Å². The second kappa shape index (κ2) is 4.08. The lowest BCUT2D eigenvalue weighted by molar-refractivity contribution is -0.145. The Morgan fingerprint density at radius 3 is 2.62 bits per heavy atom. The van der Waals surface area contributed by atoms with E-state index >= 15 is 0 Å². The fourth-order valence-electron chi connectivity index (χ4n) is 2.38. The predicted molar refractivity (Wildman–Crippen MR) is 58.8 cm³/mol. The van der Waals surface area contributed by atoms with Crippen LogP contribution in [0, 0.1) is 0 Å². The van der Waals surface area contributed by atoms with Crippen molar-refractivity contribution in [3.8, 4) is 0 Å². The highest BCUT2D eigenvalue weighted by Gasteiger charge is 2.42. The molecule has 1 aliphatic rings. The van der Waals surface area contributed by atoms with Crippen molar-refractivity contribution in [2.75, 3.05) is 5.73 Å². The van der Waals surface area contributed by atoms with Gasteiger partial charge in [0.2, 0.25) is 5.95 Å². The Morgan fingerprint density at radius 2 is 2.06 bits per heavy atom. The summed E-state index contributed by atoms with van der Waals surface area (Å²) in [5, 5.41) is 9.43. The van der Waals surface area contributed by atoms with Crippen LogP contribution in [0.2, 0.25) is 0 Å². The average Bonchev–Trinajstić information content (AvgIpc) is 2.30. The van der Waals surface area contributed by atoms with Crippen LogP contribution < -0.4 is 5.73 Å². The van der Waals surface area contributed by atoms with Gasteiger partial charge in [-0.2, -0.15) is 0 Å². The van der Waals surface area contributed by atoms with Crippen LogP contribution in [-0.2, 0) is 10.2 Å². The minimum absolute atomic E-state index is 0.142. The number of nitrogens with zero attached hydrogens (tertiary/aromatic N) is 2. The zero-order chi connectivity index (χ0) is 11.6. The molecule has 1 fully saturated rings. The van der Waals surface area contributed by atoms with Gasteiger partial charge in [0.1, 0.15) is 5.41 Å². The number of aromatic nitrogens is 2. The number of hydrogen-bond donors (Lipinski definition) is 2. The van der Waals surface area contributed by atoms with Crippen LogP contribution in [0.25, 0.3) is 0 Å². The van der Waals surface area contributed by atoms with E-state index in [1.54, 1.807) is 6.07 Å². The second-order valence-electron chi connectivity index (χ2n) is 4.25. The number of hydrogen-bond acceptors (Lipinski definition) is 4. The van der Waals surface area contributed by atoms with Crippen LogP contribution in [0.15, 0.2) is 12.3 Å². The number of carbonyl (C=O) groups is 1. The molecule has 1 saturated carbocycles. The maximum atomic E-state index is 11.5. The van der Waals surface area contributed by atoms with Crippen molar-refractivity contribution >= 4 is 11.9 Å². The number of aliphatic carboxylic acids is 1. The molecule has 3 N–H and O–H groups in total. The molecule has 0 saturated heterocycles. The Labute approximate surface area is 93.7 Å². The summed E-state index contributed by atoms with van der Waals surface area (Å²) in [6.07, 6.45) is 5.75. The summed E-state index contributed by atoms with van der Waals surface area (Å²) in [5.74, 6) is -0.658. The molecule has 1 aromatic heterocycles. The van der Waals surface area contributed by atoms with E-state index in [1.807, 2.05) is 0 Å². The van der Waals surface area contributed by atoms with Crippen LogP contribution >= 0.6 is 0 Å². The fourth-order valence-corrected chi connectivity index (χ4v) is 2.38.